The molecule has 1 heterocycles. The smallest absolute Gasteiger partial charge is 0.307 e. The Balaban J connectivity index is 1.69. The molecule has 0 spiro atoms. The van der Waals surface area contributed by atoms with Gasteiger partial charge in [-0.3, -0.25) is 4.79 Å². The van der Waals surface area contributed by atoms with Crippen LogP contribution in [0.25, 0.3) is 0 Å². The summed E-state index contributed by atoms with van der Waals surface area (Å²) in [6.45, 7) is 2.35. The van der Waals surface area contributed by atoms with Gasteiger partial charge in [-0.15, -0.1) is 0 Å². The fraction of sp³-hybridized carbons (Fsp3) is 0.381. The van der Waals surface area contributed by atoms with Crippen LogP contribution in [0.5, 0.6) is 0 Å². The molecule has 3 nitrogen and oxygen atoms in total. The molecule has 142 valence electrons. The first-order valence-electron chi connectivity index (χ1n) is 9.12. The summed E-state index contributed by atoms with van der Waals surface area (Å²) in [5.41, 5.74) is 0.602. The zero-order valence-corrected chi connectivity index (χ0v) is 15.1. The number of nitrogens with zero attached hydrogens (tertiary/aromatic N) is 1. The number of nitrogens with one attached hydrogen (secondary N) is 1. The monoisotopic (exact) mass is 374 g/mol. The minimum Gasteiger partial charge on any atom is -0.307 e. The van der Waals surface area contributed by atoms with E-state index in [1.807, 2.05) is 6.07 Å². The standard InChI is InChI=1S/C21H21F3N2O/c1-20(8-5-9-20)25-12-14-10-16-17(18(11-14)21(22,23)24)13-26(19(16)27)15-6-3-2-4-7-15/h2-4,6-7,10-11,25H,5,8-9,12-13H2,1H3. The lowest BCUT2D eigenvalue weighted by Gasteiger charge is -2.39. The molecule has 1 amide bonds. The summed E-state index contributed by atoms with van der Waals surface area (Å²) < 4.78 is 41.0. The van der Waals surface area contributed by atoms with Gasteiger partial charge >= 0.3 is 6.18 Å². The molecule has 1 N–H and O–H groups in total. The van der Waals surface area contributed by atoms with E-state index in [1.165, 1.54) is 11.0 Å². The number of rotatable bonds is 4. The van der Waals surface area contributed by atoms with Crippen LogP contribution in [0.2, 0.25) is 0 Å². The van der Waals surface area contributed by atoms with E-state index in [4.69, 9.17) is 0 Å². The summed E-state index contributed by atoms with van der Waals surface area (Å²) in [6.07, 6.45) is -1.32. The van der Waals surface area contributed by atoms with Crippen LogP contribution in [0.3, 0.4) is 0 Å². The van der Waals surface area contributed by atoms with Crippen LogP contribution in [-0.2, 0) is 19.3 Å². The highest BCUT2D eigenvalue weighted by Gasteiger charge is 2.40. The maximum absolute atomic E-state index is 13.7. The topological polar surface area (TPSA) is 32.3 Å². The molecule has 2 aliphatic rings. The molecule has 1 saturated carbocycles. The third kappa shape index (κ3) is 3.34. The zero-order chi connectivity index (χ0) is 19.2. The molecule has 0 radical (unpaired) electrons. The average Bonchev–Trinajstić information content (AvgIpc) is 2.94. The molecular formula is C21H21F3N2O. The van der Waals surface area contributed by atoms with Gasteiger partial charge in [0.25, 0.3) is 5.91 Å². The van der Waals surface area contributed by atoms with Crippen LogP contribution in [0, 0.1) is 0 Å². The van der Waals surface area contributed by atoms with Gasteiger partial charge in [-0.25, -0.2) is 0 Å². The van der Waals surface area contributed by atoms with Gasteiger partial charge in [0, 0.05) is 23.3 Å². The van der Waals surface area contributed by atoms with Gasteiger partial charge in [-0.05, 0) is 61.6 Å². The van der Waals surface area contributed by atoms with Crippen LogP contribution in [0.4, 0.5) is 18.9 Å². The summed E-state index contributed by atoms with van der Waals surface area (Å²) in [4.78, 5) is 14.2. The number of hydrogen-bond acceptors (Lipinski definition) is 2. The SMILES string of the molecule is CC1(NCc2cc3c(c(C(F)(F)F)c2)CN(c2ccccc2)C3=O)CCC1. The van der Waals surface area contributed by atoms with Crippen molar-refractivity contribution in [2.24, 2.45) is 0 Å². The van der Waals surface area contributed by atoms with Crippen LogP contribution >= 0.6 is 0 Å². The molecule has 0 bridgehead atoms. The lowest BCUT2D eigenvalue weighted by molar-refractivity contribution is -0.138. The number of carbonyl (C=O) groups is 1. The number of hydrogen-bond donors (Lipinski definition) is 1. The molecule has 0 aromatic heterocycles. The number of anilines is 1. The van der Waals surface area contributed by atoms with Crippen LogP contribution in [-0.4, -0.2) is 11.4 Å². The molecule has 1 fully saturated rings. The molecule has 2 aromatic rings. The van der Waals surface area contributed by atoms with Crippen molar-refractivity contribution in [3.8, 4) is 0 Å². The molecule has 2 aromatic carbocycles. The number of carbonyl (C=O) groups excluding carboxylic acids is 1. The second-order valence-corrected chi connectivity index (χ2v) is 7.66. The highest BCUT2D eigenvalue weighted by atomic mass is 19.4. The van der Waals surface area contributed by atoms with E-state index >= 15 is 0 Å². The van der Waals surface area contributed by atoms with Crippen molar-refractivity contribution in [1.29, 1.82) is 0 Å². The minimum atomic E-state index is -4.49. The Hall–Kier alpha value is -2.34. The van der Waals surface area contributed by atoms with Crippen molar-refractivity contribution in [1.82, 2.24) is 5.32 Å². The first-order chi connectivity index (χ1) is 12.8. The lowest BCUT2D eigenvalue weighted by atomic mass is 9.78. The van der Waals surface area contributed by atoms with Crippen molar-refractivity contribution in [2.75, 3.05) is 4.90 Å². The predicted octanol–water partition coefficient (Wildman–Crippen LogP) is 4.90. The van der Waals surface area contributed by atoms with Gasteiger partial charge in [0.15, 0.2) is 0 Å². The number of alkyl halides is 3. The van der Waals surface area contributed by atoms with Gasteiger partial charge in [0.1, 0.15) is 0 Å². The first-order valence-corrected chi connectivity index (χ1v) is 9.12. The maximum Gasteiger partial charge on any atom is 0.416 e. The number of para-hydroxylation sites is 1. The summed E-state index contributed by atoms with van der Waals surface area (Å²) in [5, 5.41) is 3.35. The Morgan fingerprint density at radius 3 is 2.44 bits per heavy atom. The number of halogens is 3. The Bertz CT molecular complexity index is 873. The summed E-state index contributed by atoms with van der Waals surface area (Å²) in [7, 11) is 0. The number of fused-ring (bicyclic) bond motifs is 1. The van der Waals surface area contributed by atoms with Crippen molar-refractivity contribution in [3.63, 3.8) is 0 Å². The van der Waals surface area contributed by atoms with Gasteiger partial charge in [0.2, 0.25) is 0 Å². The minimum absolute atomic E-state index is 0.0164. The second-order valence-electron chi connectivity index (χ2n) is 7.66. The van der Waals surface area contributed by atoms with E-state index in [-0.39, 0.29) is 29.1 Å². The van der Waals surface area contributed by atoms with E-state index in [2.05, 4.69) is 12.2 Å². The van der Waals surface area contributed by atoms with Crippen molar-refractivity contribution < 1.29 is 18.0 Å². The molecule has 4 rings (SSSR count). The number of amides is 1. The van der Waals surface area contributed by atoms with Crippen molar-refractivity contribution in [2.45, 2.75) is 51.0 Å². The molecular weight excluding hydrogens is 353 g/mol. The Morgan fingerprint density at radius 1 is 1.15 bits per heavy atom. The molecule has 1 aliphatic carbocycles. The first kappa shape index (κ1) is 18.0. The van der Waals surface area contributed by atoms with Gasteiger partial charge < -0.3 is 10.2 Å². The van der Waals surface area contributed by atoms with Crippen molar-refractivity contribution in [3.05, 3.63) is 64.7 Å². The Morgan fingerprint density at radius 2 is 1.85 bits per heavy atom. The average molecular weight is 374 g/mol. The molecule has 0 saturated heterocycles. The van der Waals surface area contributed by atoms with Crippen LogP contribution in [0.15, 0.2) is 42.5 Å². The molecule has 0 unspecified atom stereocenters. The normalized spacial score (nSPS) is 18.4. The van der Waals surface area contributed by atoms with E-state index in [1.54, 1.807) is 30.3 Å². The van der Waals surface area contributed by atoms with Crippen LogP contribution in [0.1, 0.15) is 53.2 Å². The quantitative estimate of drug-likeness (QED) is 0.826. The molecule has 1 aliphatic heterocycles. The fourth-order valence-electron chi connectivity index (χ4n) is 3.84. The summed E-state index contributed by atoms with van der Waals surface area (Å²) in [6, 6.07) is 11.6. The Kier molecular flexibility index (Phi) is 4.26. The summed E-state index contributed by atoms with van der Waals surface area (Å²) >= 11 is 0. The van der Waals surface area contributed by atoms with Gasteiger partial charge in [-0.2, -0.15) is 13.2 Å². The zero-order valence-electron chi connectivity index (χ0n) is 15.1. The van der Waals surface area contributed by atoms with Gasteiger partial charge in [-0.1, -0.05) is 18.2 Å². The molecule has 27 heavy (non-hydrogen) atoms. The van der Waals surface area contributed by atoms with Gasteiger partial charge in [0.05, 0.1) is 12.1 Å². The summed E-state index contributed by atoms with van der Waals surface area (Å²) in [5.74, 6) is -0.376. The lowest BCUT2D eigenvalue weighted by Crippen LogP contribution is -2.47. The predicted molar refractivity (Wildman–Crippen MR) is 97.5 cm³/mol. The molecule has 6 heteroatoms. The highest BCUT2D eigenvalue weighted by molar-refractivity contribution is 6.10. The van der Waals surface area contributed by atoms with Crippen molar-refractivity contribution >= 4 is 11.6 Å². The fourth-order valence-corrected chi connectivity index (χ4v) is 3.84. The van der Waals surface area contributed by atoms with E-state index in [9.17, 15) is 18.0 Å². The van der Waals surface area contributed by atoms with Crippen LogP contribution < -0.4 is 10.2 Å². The Labute approximate surface area is 156 Å². The van der Waals surface area contributed by atoms with E-state index < -0.39 is 11.7 Å². The largest absolute Gasteiger partial charge is 0.416 e. The third-order valence-corrected chi connectivity index (χ3v) is 5.65. The van der Waals surface area contributed by atoms with E-state index in [0.717, 1.165) is 19.3 Å². The van der Waals surface area contributed by atoms with E-state index in [0.29, 0.717) is 17.8 Å². The third-order valence-electron chi connectivity index (χ3n) is 5.65. The highest BCUT2D eigenvalue weighted by Crippen LogP contribution is 2.39. The maximum atomic E-state index is 13.7. The number of benzene rings is 2. The molecule has 0 atom stereocenters. The second kappa shape index (κ2) is 6.37.